The van der Waals surface area contributed by atoms with E-state index in [1.807, 2.05) is 42.5 Å². The van der Waals surface area contributed by atoms with Gasteiger partial charge in [0.2, 0.25) is 11.1 Å². The molecule has 0 radical (unpaired) electrons. The number of thioether (sulfide) groups is 1. The van der Waals surface area contributed by atoms with Gasteiger partial charge in [0.15, 0.2) is 0 Å². The van der Waals surface area contributed by atoms with E-state index < -0.39 is 0 Å². The molecule has 0 bridgehead atoms. The predicted octanol–water partition coefficient (Wildman–Crippen LogP) is 3.17. The van der Waals surface area contributed by atoms with Crippen LogP contribution >= 0.6 is 11.8 Å². The molecule has 1 atom stereocenters. The summed E-state index contributed by atoms with van der Waals surface area (Å²) in [5.41, 5.74) is 3.12. The van der Waals surface area contributed by atoms with Crippen LogP contribution in [0, 0.1) is 0 Å². The van der Waals surface area contributed by atoms with Crippen LogP contribution in [0.1, 0.15) is 24.0 Å². The van der Waals surface area contributed by atoms with E-state index in [-0.39, 0.29) is 17.8 Å². The van der Waals surface area contributed by atoms with E-state index in [0.717, 1.165) is 37.1 Å². The minimum Gasteiger partial charge on any atom is -0.376 e. The van der Waals surface area contributed by atoms with Gasteiger partial charge in [-0.15, -0.1) is 5.10 Å². The number of nitrogens with zero attached hydrogens (tertiary/aromatic N) is 4. The number of carbonyl (C=O) groups is 1. The van der Waals surface area contributed by atoms with Crippen LogP contribution < -0.4 is 5.32 Å². The van der Waals surface area contributed by atoms with Gasteiger partial charge in [-0.3, -0.25) is 4.79 Å². The fourth-order valence-electron chi connectivity index (χ4n) is 3.32. The Labute approximate surface area is 173 Å². The summed E-state index contributed by atoms with van der Waals surface area (Å²) in [6.07, 6.45) is 3.00. The Balaban J connectivity index is 1.34. The van der Waals surface area contributed by atoms with Crippen LogP contribution in [0.2, 0.25) is 0 Å². The molecule has 7 nitrogen and oxygen atoms in total. The maximum atomic E-state index is 12.5. The highest BCUT2D eigenvalue weighted by Gasteiger charge is 2.19. The second-order valence-corrected chi connectivity index (χ2v) is 7.88. The van der Waals surface area contributed by atoms with Gasteiger partial charge in [-0.05, 0) is 46.9 Å². The normalized spacial score (nSPS) is 16.1. The summed E-state index contributed by atoms with van der Waals surface area (Å²) in [6, 6.07) is 18.1. The summed E-state index contributed by atoms with van der Waals surface area (Å²) in [6.45, 7) is 1.41. The highest BCUT2D eigenvalue weighted by Crippen LogP contribution is 2.21. The third kappa shape index (κ3) is 5.42. The number of hydrogen-bond donors (Lipinski definition) is 1. The van der Waals surface area contributed by atoms with Crippen molar-refractivity contribution in [2.24, 2.45) is 0 Å². The van der Waals surface area contributed by atoms with E-state index in [1.165, 1.54) is 17.3 Å². The monoisotopic (exact) mass is 409 g/mol. The highest BCUT2D eigenvalue weighted by atomic mass is 32.2. The third-order valence-electron chi connectivity index (χ3n) is 4.76. The van der Waals surface area contributed by atoms with Gasteiger partial charge in [-0.1, -0.05) is 60.3 Å². The average Bonchev–Trinajstić information content (AvgIpc) is 3.41. The van der Waals surface area contributed by atoms with Crippen molar-refractivity contribution in [2.75, 3.05) is 17.7 Å². The number of amides is 1. The fourth-order valence-corrected chi connectivity index (χ4v) is 4.01. The molecular formula is C21H23N5O2S. The lowest BCUT2D eigenvalue weighted by Gasteiger charge is -2.12. The second-order valence-electron chi connectivity index (χ2n) is 6.93. The maximum Gasteiger partial charge on any atom is 0.234 e. The van der Waals surface area contributed by atoms with Crippen molar-refractivity contribution < 1.29 is 9.53 Å². The first-order valence-corrected chi connectivity index (χ1v) is 10.7. The van der Waals surface area contributed by atoms with Crippen molar-refractivity contribution >= 4 is 23.4 Å². The van der Waals surface area contributed by atoms with Crippen molar-refractivity contribution in [3.63, 3.8) is 0 Å². The fraction of sp³-hybridized carbons (Fsp3) is 0.333. The van der Waals surface area contributed by atoms with Gasteiger partial charge in [0.25, 0.3) is 0 Å². The summed E-state index contributed by atoms with van der Waals surface area (Å²) < 4.78 is 7.36. The third-order valence-corrected chi connectivity index (χ3v) is 5.72. The number of rotatable bonds is 8. The number of ether oxygens (including phenoxy) is 1. The lowest BCUT2D eigenvalue weighted by molar-refractivity contribution is -0.113. The number of aromatic nitrogens is 4. The Morgan fingerprint density at radius 3 is 2.83 bits per heavy atom. The van der Waals surface area contributed by atoms with Crippen LogP contribution in [0.25, 0.3) is 0 Å². The number of hydrogen-bond acceptors (Lipinski definition) is 6. The van der Waals surface area contributed by atoms with Gasteiger partial charge in [-0.25, -0.2) is 4.68 Å². The van der Waals surface area contributed by atoms with Gasteiger partial charge >= 0.3 is 0 Å². The van der Waals surface area contributed by atoms with Crippen LogP contribution in [-0.2, 0) is 22.5 Å². The molecule has 1 amide bonds. The van der Waals surface area contributed by atoms with E-state index >= 15 is 0 Å². The molecule has 0 aliphatic carbocycles. The predicted molar refractivity (Wildman–Crippen MR) is 112 cm³/mol. The molecule has 3 aromatic rings. The van der Waals surface area contributed by atoms with Crippen LogP contribution in [0.5, 0.6) is 0 Å². The van der Waals surface area contributed by atoms with E-state index in [2.05, 4.69) is 33.0 Å². The van der Waals surface area contributed by atoms with Gasteiger partial charge in [0.05, 0.1) is 18.4 Å². The van der Waals surface area contributed by atoms with Gasteiger partial charge in [0, 0.05) is 12.3 Å². The summed E-state index contributed by atoms with van der Waals surface area (Å²) in [5.74, 6) is 0.160. The number of tetrazole rings is 1. The summed E-state index contributed by atoms with van der Waals surface area (Å²) in [7, 11) is 0. The molecule has 2 aromatic carbocycles. The molecule has 1 aromatic heterocycles. The number of para-hydroxylation sites is 1. The average molecular weight is 410 g/mol. The van der Waals surface area contributed by atoms with Crippen molar-refractivity contribution in [3.05, 3.63) is 65.7 Å². The number of nitrogens with one attached hydrogen (secondary N) is 1. The molecule has 150 valence electrons. The Morgan fingerprint density at radius 2 is 2.00 bits per heavy atom. The number of benzene rings is 2. The zero-order valence-corrected chi connectivity index (χ0v) is 16.8. The quantitative estimate of drug-likeness (QED) is 0.576. The molecule has 4 rings (SSSR count). The van der Waals surface area contributed by atoms with Crippen molar-refractivity contribution in [2.45, 2.75) is 37.1 Å². The molecule has 29 heavy (non-hydrogen) atoms. The minimum absolute atomic E-state index is 0.0813. The van der Waals surface area contributed by atoms with Gasteiger partial charge in [0.1, 0.15) is 0 Å². The van der Waals surface area contributed by atoms with E-state index in [9.17, 15) is 4.79 Å². The largest absolute Gasteiger partial charge is 0.376 e. The Morgan fingerprint density at radius 1 is 1.17 bits per heavy atom. The maximum absolute atomic E-state index is 12.5. The van der Waals surface area contributed by atoms with Crippen molar-refractivity contribution in [1.82, 2.24) is 20.2 Å². The van der Waals surface area contributed by atoms with Gasteiger partial charge < -0.3 is 10.1 Å². The molecule has 1 unspecified atom stereocenters. The van der Waals surface area contributed by atoms with Crippen LogP contribution in [0.4, 0.5) is 5.69 Å². The molecule has 1 aliphatic heterocycles. The first-order chi connectivity index (χ1) is 14.3. The second kappa shape index (κ2) is 9.67. The molecule has 8 heteroatoms. The van der Waals surface area contributed by atoms with E-state index in [0.29, 0.717) is 11.7 Å². The standard InChI is InChI=1S/C21H23N5O2S/c27-20(15-29-21-23-24-25-26(21)14-18-10-6-12-28-18)22-19-11-5-4-9-17(19)13-16-7-2-1-3-8-16/h1-5,7-9,11,18H,6,10,12-15H2,(H,22,27). The zero-order valence-electron chi connectivity index (χ0n) is 16.0. The molecule has 0 spiro atoms. The lowest BCUT2D eigenvalue weighted by Crippen LogP contribution is -2.18. The molecular weight excluding hydrogens is 386 g/mol. The smallest absolute Gasteiger partial charge is 0.234 e. The SMILES string of the molecule is O=C(CSc1nnnn1CC1CCCO1)Nc1ccccc1Cc1ccccc1. The lowest BCUT2D eigenvalue weighted by atomic mass is 10.0. The molecule has 2 heterocycles. The Hall–Kier alpha value is -2.71. The molecule has 1 N–H and O–H groups in total. The number of carbonyl (C=O) groups excluding carboxylic acids is 1. The summed E-state index contributed by atoms with van der Waals surface area (Å²) in [4.78, 5) is 12.5. The molecule has 1 fully saturated rings. The van der Waals surface area contributed by atoms with E-state index in [4.69, 9.17) is 4.74 Å². The first kappa shape index (κ1) is 19.6. The van der Waals surface area contributed by atoms with Crippen LogP contribution in [0.3, 0.4) is 0 Å². The summed E-state index contributed by atoms with van der Waals surface area (Å²) in [5, 5.41) is 15.5. The van der Waals surface area contributed by atoms with Crippen LogP contribution in [0.15, 0.2) is 59.8 Å². The summed E-state index contributed by atoms with van der Waals surface area (Å²) >= 11 is 1.33. The minimum atomic E-state index is -0.0813. The Bertz CT molecular complexity index is 941. The first-order valence-electron chi connectivity index (χ1n) is 9.70. The highest BCUT2D eigenvalue weighted by molar-refractivity contribution is 7.99. The van der Waals surface area contributed by atoms with Crippen molar-refractivity contribution in [1.29, 1.82) is 0 Å². The number of anilines is 1. The Kier molecular flexibility index (Phi) is 6.53. The van der Waals surface area contributed by atoms with Gasteiger partial charge in [-0.2, -0.15) is 0 Å². The van der Waals surface area contributed by atoms with E-state index in [1.54, 1.807) is 4.68 Å². The topological polar surface area (TPSA) is 81.9 Å². The van der Waals surface area contributed by atoms with Crippen molar-refractivity contribution in [3.8, 4) is 0 Å². The van der Waals surface area contributed by atoms with Crippen LogP contribution in [-0.4, -0.2) is 44.6 Å². The molecule has 1 aliphatic rings. The molecule has 0 saturated carbocycles. The zero-order chi connectivity index (χ0) is 19.9. The molecule has 1 saturated heterocycles.